The smallest absolute Gasteiger partial charge is 0.264 e. The molecule has 1 fully saturated rings. The van der Waals surface area contributed by atoms with Crippen LogP contribution in [0.1, 0.15) is 24.0 Å². The van der Waals surface area contributed by atoms with Crippen molar-refractivity contribution in [1.29, 1.82) is 0 Å². The lowest BCUT2D eigenvalue weighted by molar-refractivity contribution is -0.134. The highest BCUT2D eigenvalue weighted by Gasteiger charge is 2.22. The molecule has 1 heterocycles. The second kappa shape index (κ2) is 11.2. The van der Waals surface area contributed by atoms with Crippen LogP contribution in [0.5, 0.6) is 5.75 Å². The number of hydrogen-bond donors (Lipinski definition) is 0. The fraction of sp³-hybridized carbons (Fsp3) is 0.375. The largest absolute Gasteiger partial charge is 0.497 e. The molecule has 1 aliphatic heterocycles. The van der Waals surface area contributed by atoms with Crippen molar-refractivity contribution in [3.05, 3.63) is 71.9 Å². The van der Waals surface area contributed by atoms with Crippen LogP contribution in [0.25, 0.3) is 0 Å². The first kappa shape index (κ1) is 23.8. The van der Waals surface area contributed by atoms with E-state index in [1.54, 1.807) is 54.5 Å². The minimum absolute atomic E-state index is 0.00642. The number of ether oxygens (including phenoxy) is 2. The zero-order valence-corrected chi connectivity index (χ0v) is 19.4. The van der Waals surface area contributed by atoms with Crippen molar-refractivity contribution in [2.45, 2.75) is 31.2 Å². The molecule has 32 heavy (non-hydrogen) atoms. The van der Waals surface area contributed by atoms with E-state index < -0.39 is 10.0 Å². The number of rotatable bonds is 10. The van der Waals surface area contributed by atoms with E-state index in [-0.39, 0.29) is 30.6 Å². The van der Waals surface area contributed by atoms with Gasteiger partial charge in [0.1, 0.15) is 12.4 Å². The number of carbonyl (C=O) groups is 1. The van der Waals surface area contributed by atoms with Gasteiger partial charge in [-0.2, -0.15) is 0 Å². The van der Waals surface area contributed by atoms with Crippen molar-refractivity contribution >= 4 is 15.9 Å². The molecule has 0 aromatic heterocycles. The van der Waals surface area contributed by atoms with Crippen LogP contribution in [-0.4, -0.2) is 56.9 Å². The third kappa shape index (κ3) is 6.34. The van der Waals surface area contributed by atoms with E-state index in [0.29, 0.717) is 5.75 Å². The van der Waals surface area contributed by atoms with Gasteiger partial charge in [-0.3, -0.25) is 9.10 Å². The molecule has 0 atom stereocenters. The molecule has 0 aliphatic carbocycles. The molecule has 0 unspecified atom stereocenters. The van der Waals surface area contributed by atoms with Crippen LogP contribution in [0.3, 0.4) is 0 Å². The number of methoxy groups -OCH3 is 1. The summed E-state index contributed by atoms with van der Waals surface area (Å²) in [7, 11) is -2.18. The van der Waals surface area contributed by atoms with E-state index in [0.717, 1.165) is 37.1 Å². The van der Waals surface area contributed by atoms with Gasteiger partial charge in [0.05, 0.1) is 25.2 Å². The van der Waals surface area contributed by atoms with Crippen LogP contribution >= 0.6 is 0 Å². The number of benzene rings is 2. The van der Waals surface area contributed by atoms with Crippen LogP contribution in [0.15, 0.2) is 65.7 Å². The van der Waals surface area contributed by atoms with E-state index in [9.17, 15) is 13.2 Å². The second-order valence-electron chi connectivity index (χ2n) is 7.70. The Hall–Kier alpha value is -2.84. The minimum atomic E-state index is -3.76. The molecule has 0 bridgehead atoms. The van der Waals surface area contributed by atoms with E-state index in [2.05, 4.69) is 0 Å². The lowest BCUT2D eigenvalue weighted by atomic mass is 10.2. The molecule has 1 saturated heterocycles. The molecular weight excluding hydrogens is 428 g/mol. The zero-order chi connectivity index (χ0) is 23.0. The van der Waals surface area contributed by atoms with Gasteiger partial charge in [-0.15, -0.1) is 0 Å². The number of sulfonamides is 1. The molecule has 0 saturated carbocycles. The maximum absolute atomic E-state index is 13.3. The number of likely N-dealkylation sites (tertiary alicyclic amines) is 1. The van der Waals surface area contributed by atoms with E-state index >= 15 is 0 Å². The molecule has 8 heteroatoms. The SMILES string of the molecule is COc1ccc(CN(/C=C/COCC(=O)N2CCCC2)S(=O)(=O)c2ccc(C)cc2)cc1. The lowest BCUT2D eigenvalue weighted by Crippen LogP contribution is -2.31. The van der Waals surface area contributed by atoms with Gasteiger partial charge >= 0.3 is 0 Å². The summed E-state index contributed by atoms with van der Waals surface area (Å²) in [5.41, 5.74) is 1.80. The number of amides is 1. The molecule has 2 aromatic carbocycles. The fourth-order valence-electron chi connectivity index (χ4n) is 3.41. The summed E-state index contributed by atoms with van der Waals surface area (Å²) in [5, 5.41) is 0. The maximum atomic E-state index is 13.3. The van der Waals surface area contributed by atoms with Gasteiger partial charge in [-0.1, -0.05) is 29.8 Å². The second-order valence-corrected chi connectivity index (χ2v) is 9.59. The predicted octanol–water partition coefficient (Wildman–Crippen LogP) is 3.35. The van der Waals surface area contributed by atoms with Crippen molar-refractivity contribution in [2.75, 3.05) is 33.4 Å². The van der Waals surface area contributed by atoms with Gasteiger partial charge in [-0.25, -0.2) is 8.42 Å². The molecule has 2 aromatic rings. The summed E-state index contributed by atoms with van der Waals surface area (Å²) >= 11 is 0. The van der Waals surface area contributed by atoms with Crippen molar-refractivity contribution in [3.8, 4) is 5.75 Å². The lowest BCUT2D eigenvalue weighted by Gasteiger charge is -2.21. The fourth-order valence-corrected chi connectivity index (χ4v) is 4.72. The van der Waals surface area contributed by atoms with E-state index in [1.807, 2.05) is 19.1 Å². The quantitative estimate of drug-likeness (QED) is 0.511. The Balaban J connectivity index is 1.69. The Morgan fingerprint density at radius 3 is 2.34 bits per heavy atom. The average Bonchev–Trinajstić information content (AvgIpc) is 3.34. The van der Waals surface area contributed by atoms with Gasteiger partial charge in [-0.05, 0) is 55.7 Å². The summed E-state index contributed by atoms with van der Waals surface area (Å²) in [6.07, 6.45) is 5.18. The van der Waals surface area contributed by atoms with Gasteiger partial charge < -0.3 is 14.4 Å². The summed E-state index contributed by atoms with van der Waals surface area (Å²) in [4.78, 5) is 14.1. The highest BCUT2D eigenvalue weighted by molar-refractivity contribution is 7.89. The number of hydrogen-bond acceptors (Lipinski definition) is 5. The predicted molar refractivity (Wildman–Crippen MR) is 123 cm³/mol. The normalized spacial score (nSPS) is 14.1. The molecule has 1 amide bonds. The van der Waals surface area contributed by atoms with Crippen LogP contribution in [0, 0.1) is 6.92 Å². The van der Waals surface area contributed by atoms with Crippen LogP contribution in [0.2, 0.25) is 0 Å². The molecule has 3 rings (SSSR count). The Labute approximate surface area is 190 Å². The van der Waals surface area contributed by atoms with Gasteiger partial charge in [0.25, 0.3) is 10.0 Å². The van der Waals surface area contributed by atoms with Crippen LogP contribution in [-0.2, 0) is 26.1 Å². The highest BCUT2D eigenvalue weighted by atomic mass is 32.2. The third-order valence-electron chi connectivity index (χ3n) is 5.30. The van der Waals surface area contributed by atoms with E-state index in [1.165, 1.54) is 10.5 Å². The molecule has 0 spiro atoms. The summed E-state index contributed by atoms with van der Waals surface area (Å²) in [5.74, 6) is 0.673. The maximum Gasteiger partial charge on any atom is 0.264 e. The van der Waals surface area contributed by atoms with Crippen molar-refractivity contribution < 1.29 is 22.7 Å². The van der Waals surface area contributed by atoms with Gasteiger partial charge in [0.2, 0.25) is 5.91 Å². The Morgan fingerprint density at radius 2 is 1.72 bits per heavy atom. The summed E-state index contributed by atoms with van der Waals surface area (Å²) in [6.45, 7) is 3.76. The number of carbonyl (C=O) groups excluding carboxylic acids is 1. The molecule has 7 nitrogen and oxygen atoms in total. The number of nitrogens with zero attached hydrogens (tertiary/aromatic N) is 2. The van der Waals surface area contributed by atoms with Crippen molar-refractivity contribution in [2.24, 2.45) is 0 Å². The molecular formula is C24H30N2O5S. The molecule has 0 radical (unpaired) electrons. The molecule has 0 N–H and O–H groups in total. The molecule has 1 aliphatic rings. The van der Waals surface area contributed by atoms with Crippen LogP contribution in [0.4, 0.5) is 0 Å². The highest BCUT2D eigenvalue weighted by Crippen LogP contribution is 2.21. The first-order chi connectivity index (χ1) is 15.4. The topological polar surface area (TPSA) is 76.2 Å². The average molecular weight is 459 g/mol. The minimum Gasteiger partial charge on any atom is -0.497 e. The van der Waals surface area contributed by atoms with Crippen molar-refractivity contribution in [1.82, 2.24) is 9.21 Å². The Kier molecular flexibility index (Phi) is 8.30. The summed E-state index contributed by atoms with van der Waals surface area (Å²) in [6, 6.07) is 14.0. The first-order valence-electron chi connectivity index (χ1n) is 10.6. The summed E-state index contributed by atoms with van der Waals surface area (Å²) < 4.78 is 38.4. The first-order valence-corrected chi connectivity index (χ1v) is 12.1. The van der Waals surface area contributed by atoms with Crippen LogP contribution < -0.4 is 4.74 Å². The molecule has 172 valence electrons. The van der Waals surface area contributed by atoms with E-state index in [4.69, 9.17) is 9.47 Å². The third-order valence-corrected chi connectivity index (χ3v) is 7.03. The van der Waals surface area contributed by atoms with Crippen molar-refractivity contribution in [3.63, 3.8) is 0 Å². The van der Waals surface area contributed by atoms with Gasteiger partial charge in [0.15, 0.2) is 0 Å². The monoisotopic (exact) mass is 458 g/mol. The standard InChI is InChI=1S/C24H30N2O5S/c1-20-6-12-23(13-7-20)32(28,29)26(18-21-8-10-22(30-2)11-9-21)16-5-17-31-19-24(27)25-14-3-4-15-25/h5-13,16H,3-4,14-15,17-19H2,1-2H3/b16-5+. The Morgan fingerprint density at radius 1 is 1.06 bits per heavy atom. The number of aryl methyl sites for hydroxylation is 1. The Bertz CT molecular complexity index is 1010. The zero-order valence-electron chi connectivity index (χ0n) is 18.6. The van der Waals surface area contributed by atoms with Gasteiger partial charge in [0, 0.05) is 19.3 Å².